The van der Waals surface area contributed by atoms with Crippen molar-refractivity contribution >= 4 is 6.21 Å². The van der Waals surface area contributed by atoms with Gasteiger partial charge in [-0.1, -0.05) is 0 Å². The molecule has 0 radical (unpaired) electrons. The van der Waals surface area contributed by atoms with Gasteiger partial charge >= 0.3 is 0 Å². The molecule has 0 fully saturated rings. The Morgan fingerprint density at radius 1 is 1.39 bits per heavy atom. The van der Waals surface area contributed by atoms with Crippen LogP contribution in [0.4, 0.5) is 0 Å². The number of hydrogen-bond acceptors (Lipinski definition) is 3. The predicted octanol–water partition coefficient (Wildman–Crippen LogP) is 2.20. The van der Waals surface area contributed by atoms with Gasteiger partial charge in [-0.15, -0.1) is 0 Å². The van der Waals surface area contributed by atoms with Crippen LogP contribution in [-0.2, 0) is 0 Å². The van der Waals surface area contributed by atoms with E-state index < -0.39 is 5.54 Å². The second-order valence-electron chi connectivity index (χ2n) is 5.04. The van der Waals surface area contributed by atoms with Crippen LogP contribution in [0.3, 0.4) is 0 Å². The molecule has 2 aromatic heterocycles. The zero-order valence-electron chi connectivity index (χ0n) is 10.7. The van der Waals surface area contributed by atoms with Crippen LogP contribution in [0.5, 0.6) is 0 Å². The van der Waals surface area contributed by atoms with E-state index in [4.69, 9.17) is 0 Å². The highest BCUT2D eigenvalue weighted by Gasteiger charge is 2.18. The molecule has 0 aliphatic rings. The summed E-state index contributed by atoms with van der Waals surface area (Å²) in [6.07, 6.45) is 6.62. The van der Waals surface area contributed by atoms with Gasteiger partial charge in [0, 0.05) is 44.9 Å². The van der Waals surface area contributed by atoms with Gasteiger partial charge in [-0.2, -0.15) is 0 Å². The highest BCUT2D eigenvalue weighted by Crippen LogP contribution is 2.13. The topological polar surface area (TPSA) is 67.6 Å². The summed E-state index contributed by atoms with van der Waals surface area (Å²) in [4.78, 5) is 11.4. The highest BCUT2D eigenvalue weighted by atomic mass is 16.5. The fourth-order valence-corrected chi connectivity index (χ4v) is 1.37. The molecule has 0 spiro atoms. The zero-order chi connectivity index (χ0) is 13.2. The van der Waals surface area contributed by atoms with Crippen LogP contribution in [-0.4, -0.2) is 31.4 Å². The monoisotopic (exact) mass is 244 g/mol. The number of H-pyrrole nitrogens is 1. The molecule has 5 nitrogen and oxygen atoms in total. The van der Waals surface area contributed by atoms with Gasteiger partial charge in [0.1, 0.15) is 11.5 Å². The average Bonchev–Trinajstić information content (AvgIpc) is 2.77. The van der Waals surface area contributed by atoms with Gasteiger partial charge in [0.15, 0.2) is 5.54 Å². The quantitative estimate of drug-likeness (QED) is 0.381. The summed E-state index contributed by atoms with van der Waals surface area (Å²) in [5, 5.41) is 11.8. The third-order valence-electron chi connectivity index (χ3n) is 2.44. The standard InChI is InChI=1S/C13H16N4O/c1-13(2,3)17(18)9-11-8-15-12(16-11)10-5-4-6-14-7-10/h4-9H,1-3H3,(H,15,16)/b17-9-. The maximum absolute atomic E-state index is 11.8. The molecule has 0 bridgehead atoms. The Morgan fingerprint density at radius 2 is 2.17 bits per heavy atom. The first kappa shape index (κ1) is 12.3. The van der Waals surface area contributed by atoms with Gasteiger partial charge < -0.3 is 10.2 Å². The minimum absolute atomic E-state index is 0.465. The van der Waals surface area contributed by atoms with Gasteiger partial charge in [0.25, 0.3) is 0 Å². The van der Waals surface area contributed by atoms with Crippen molar-refractivity contribution in [2.45, 2.75) is 26.3 Å². The van der Waals surface area contributed by atoms with Gasteiger partial charge in [-0.3, -0.25) is 4.98 Å². The minimum atomic E-state index is -0.465. The average molecular weight is 244 g/mol. The van der Waals surface area contributed by atoms with E-state index in [2.05, 4.69) is 15.0 Å². The molecular formula is C13H16N4O. The Balaban J connectivity index is 2.27. The molecule has 0 unspecified atom stereocenters. The van der Waals surface area contributed by atoms with Crippen molar-refractivity contribution < 1.29 is 4.74 Å². The third-order valence-corrected chi connectivity index (χ3v) is 2.44. The van der Waals surface area contributed by atoms with E-state index in [-0.39, 0.29) is 0 Å². The zero-order valence-corrected chi connectivity index (χ0v) is 10.7. The van der Waals surface area contributed by atoms with Crippen LogP contribution in [0.25, 0.3) is 11.4 Å². The first-order valence-electron chi connectivity index (χ1n) is 5.74. The van der Waals surface area contributed by atoms with E-state index in [0.717, 1.165) is 10.3 Å². The number of pyridine rings is 1. The summed E-state index contributed by atoms with van der Waals surface area (Å²) in [5.74, 6) is 0.705. The van der Waals surface area contributed by atoms with Crippen LogP contribution < -0.4 is 0 Å². The Kier molecular flexibility index (Phi) is 3.14. The van der Waals surface area contributed by atoms with Crippen LogP contribution in [0.2, 0.25) is 0 Å². The van der Waals surface area contributed by atoms with Crippen molar-refractivity contribution in [2.24, 2.45) is 0 Å². The lowest BCUT2D eigenvalue weighted by atomic mass is 10.1. The number of hydrogen-bond donors (Lipinski definition) is 1. The molecule has 1 N–H and O–H groups in total. The molecule has 0 amide bonds. The van der Waals surface area contributed by atoms with Gasteiger partial charge in [-0.05, 0) is 12.1 Å². The van der Waals surface area contributed by atoms with Crippen molar-refractivity contribution in [1.82, 2.24) is 15.0 Å². The molecule has 0 aliphatic carbocycles. The molecule has 94 valence electrons. The summed E-state index contributed by atoms with van der Waals surface area (Å²) in [6, 6.07) is 3.75. The second kappa shape index (κ2) is 4.60. The molecule has 5 heteroatoms. The molecule has 0 aromatic carbocycles. The fourth-order valence-electron chi connectivity index (χ4n) is 1.37. The lowest BCUT2D eigenvalue weighted by Crippen LogP contribution is -2.29. The summed E-state index contributed by atoms with van der Waals surface area (Å²) in [7, 11) is 0. The van der Waals surface area contributed by atoms with E-state index >= 15 is 0 Å². The molecule has 0 saturated heterocycles. The molecule has 0 aliphatic heterocycles. The molecule has 0 atom stereocenters. The predicted molar refractivity (Wildman–Crippen MR) is 70.4 cm³/mol. The minimum Gasteiger partial charge on any atom is -0.623 e. The summed E-state index contributed by atoms with van der Waals surface area (Å²) in [5.41, 5.74) is 1.04. The van der Waals surface area contributed by atoms with Crippen LogP contribution in [0.1, 0.15) is 26.5 Å². The van der Waals surface area contributed by atoms with Crippen molar-refractivity contribution in [3.8, 4) is 11.4 Å². The molecule has 2 rings (SSSR count). The lowest BCUT2D eigenvalue weighted by Gasteiger charge is -2.17. The van der Waals surface area contributed by atoms with Gasteiger partial charge in [0.2, 0.25) is 6.21 Å². The fraction of sp³-hybridized carbons (Fsp3) is 0.308. The lowest BCUT2D eigenvalue weighted by molar-refractivity contribution is -0.530. The number of aromatic amines is 1. The van der Waals surface area contributed by atoms with Crippen molar-refractivity contribution in [3.05, 3.63) is 41.6 Å². The highest BCUT2D eigenvalue weighted by molar-refractivity contribution is 5.74. The number of hydroxylamine groups is 1. The smallest absolute Gasteiger partial charge is 0.202 e. The number of rotatable bonds is 2. The first-order valence-corrected chi connectivity index (χ1v) is 5.74. The summed E-state index contributed by atoms with van der Waals surface area (Å²) >= 11 is 0. The van der Waals surface area contributed by atoms with E-state index in [1.165, 1.54) is 6.21 Å². The third kappa shape index (κ3) is 2.74. The second-order valence-corrected chi connectivity index (χ2v) is 5.04. The van der Waals surface area contributed by atoms with Crippen LogP contribution in [0, 0.1) is 5.21 Å². The maximum Gasteiger partial charge on any atom is 0.202 e. The largest absolute Gasteiger partial charge is 0.623 e. The van der Waals surface area contributed by atoms with Crippen LogP contribution >= 0.6 is 0 Å². The summed E-state index contributed by atoms with van der Waals surface area (Å²) < 4.78 is 0.899. The molecule has 0 saturated carbocycles. The van der Waals surface area contributed by atoms with Crippen molar-refractivity contribution in [2.75, 3.05) is 0 Å². The summed E-state index contributed by atoms with van der Waals surface area (Å²) in [6.45, 7) is 5.56. The van der Waals surface area contributed by atoms with E-state index in [9.17, 15) is 5.21 Å². The van der Waals surface area contributed by atoms with Gasteiger partial charge in [-0.25, -0.2) is 9.72 Å². The Hall–Kier alpha value is -2.17. The Morgan fingerprint density at radius 3 is 2.78 bits per heavy atom. The Bertz CT molecular complexity index is 552. The van der Waals surface area contributed by atoms with Crippen molar-refractivity contribution in [3.63, 3.8) is 0 Å². The Labute approximate surface area is 106 Å². The number of aromatic nitrogens is 3. The van der Waals surface area contributed by atoms with E-state index in [1.54, 1.807) is 18.6 Å². The van der Waals surface area contributed by atoms with Crippen LogP contribution in [0.15, 0.2) is 30.7 Å². The number of nitrogens with zero attached hydrogens (tertiary/aromatic N) is 3. The molecular weight excluding hydrogens is 228 g/mol. The molecule has 18 heavy (non-hydrogen) atoms. The molecule has 2 heterocycles. The maximum atomic E-state index is 11.8. The normalized spacial score (nSPS) is 12.7. The van der Waals surface area contributed by atoms with E-state index in [1.807, 2.05) is 32.9 Å². The first-order chi connectivity index (χ1) is 8.47. The SMILES string of the molecule is CC(C)(C)/[N+]([O-])=C/c1c[nH]c(-c2cccnc2)n1. The van der Waals surface area contributed by atoms with Gasteiger partial charge in [0.05, 0.1) is 0 Å². The molecule has 2 aromatic rings. The van der Waals surface area contributed by atoms with Crippen molar-refractivity contribution in [1.29, 1.82) is 0 Å². The number of imidazole rings is 1. The number of nitrogens with one attached hydrogen (secondary N) is 1. The van der Waals surface area contributed by atoms with E-state index in [0.29, 0.717) is 11.5 Å².